The van der Waals surface area contributed by atoms with Crippen LogP contribution in [0.5, 0.6) is 5.88 Å². The van der Waals surface area contributed by atoms with Crippen LogP contribution in [0.25, 0.3) is 0 Å². The highest BCUT2D eigenvalue weighted by Gasteiger charge is 2.25. The smallest absolute Gasteiger partial charge is 0.228 e. The standard InChI is InChI=1S/C15H20N6O/c1-20(15-16-9-7-14(18-15)22-2)12-5-4-10-21(11-12)13-6-3-8-17-19-13/h3,6-9,12H,4-5,10-11H2,1-2H3. The van der Waals surface area contributed by atoms with Gasteiger partial charge >= 0.3 is 0 Å². The van der Waals surface area contributed by atoms with Crippen LogP contribution >= 0.6 is 0 Å². The summed E-state index contributed by atoms with van der Waals surface area (Å²) in [6.07, 6.45) is 5.63. The monoisotopic (exact) mass is 300 g/mol. The fourth-order valence-corrected chi connectivity index (χ4v) is 2.72. The van der Waals surface area contributed by atoms with Crippen LogP contribution < -0.4 is 14.5 Å². The number of ether oxygens (including phenoxy) is 1. The highest BCUT2D eigenvalue weighted by Crippen LogP contribution is 2.22. The number of piperidine rings is 1. The summed E-state index contributed by atoms with van der Waals surface area (Å²) in [5.74, 6) is 2.19. The molecule has 7 nitrogen and oxygen atoms in total. The van der Waals surface area contributed by atoms with Crippen LogP contribution in [0, 0.1) is 0 Å². The number of hydrogen-bond acceptors (Lipinski definition) is 7. The molecule has 2 aromatic rings. The lowest BCUT2D eigenvalue weighted by atomic mass is 10.0. The SMILES string of the molecule is COc1ccnc(N(C)C2CCCN(c3cccnn3)C2)n1. The lowest BCUT2D eigenvalue weighted by Gasteiger charge is -2.38. The van der Waals surface area contributed by atoms with Crippen LogP contribution in [0.1, 0.15) is 12.8 Å². The second kappa shape index (κ2) is 6.55. The molecule has 1 fully saturated rings. The minimum absolute atomic E-state index is 0.336. The van der Waals surface area contributed by atoms with E-state index in [-0.39, 0.29) is 0 Å². The van der Waals surface area contributed by atoms with Crippen LogP contribution in [-0.2, 0) is 0 Å². The largest absolute Gasteiger partial charge is 0.481 e. The summed E-state index contributed by atoms with van der Waals surface area (Å²) in [4.78, 5) is 13.1. The molecule has 3 rings (SSSR count). The fourth-order valence-electron chi connectivity index (χ4n) is 2.72. The molecule has 0 aromatic carbocycles. The van der Waals surface area contributed by atoms with E-state index in [1.807, 2.05) is 19.2 Å². The number of hydrogen-bond donors (Lipinski definition) is 0. The van der Waals surface area contributed by atoms with Crippen molar-refractivity contribution in [3.63, 3.8) is 0 Å². The van der Waals surface area contributed by atoms with Crippen molar-refractivity contribution in [2.45, 2.75) is 18.9 Å². The summed E-state index contributed by atoms with van der Waals surface area (Å²) >= 11 is 0. The zero-order chi connectivity index (χ0) is 15.4. The third kappa shape index (κ3) is 3.08. The van der Waals surface area contributed by atoms with E-state index in [1.54, 1.807) is 25.6 Å². The van der Waals surface area contributed by atoms with Crippen molar-refractivity contribution < 1.29 is 4.74 Å². The van der Waals surface area contributed by atoms with Crippen molar-refractivity contribution in [2.75, 3.05) is 37.0 Å². The molecule has 0 saturated carbocycles. The van der Waals surface area contributed by atoms with Gasteiger partial charge in [-0.05, 0) is 25.0 Å². The van der Waals surface area contributed by atoms with E-state index in [4.69, 9.17) is 4.74 Å². The quantitative estimate of drug-likeness (QED) is 0.845. The van der Waals surface area contributed by atoms with E-state index in [2.05, 4.69) is 30.0 Å². The summed E-state index contributed by atoms with van der Waals surface area (Å²) in [6, 6.07) is 6.00. The van der Waals surface area contributed by atoms with Crippen LogP contribution in [0.3, 0.4) is 0 Å². The summed E-state index contributed by atoms with van der Waals surface area (Å²) in [5, 5.41) is 8.17. The maximum absolute atomic E-state index is 5.18. The average Bonchev–Trinajstić information content (AvgIpc) is 2.62. The third-order valence-corrected chi connectivity index (χ3v) is 3.97. The maximum Gasteiger partial charge on any atom is 0.228 e. The Bertz CT molecular complexity index is 608. The number of nitrogens with zero attached hydrogens (tertiary/aromatic N) is 6. The highest BCUT2D eigenvalue weighted by molar-refractivity contribution is 5.40. The molecule has 0 bridgehead atoms. The van der Waals surface area contributed by atoms with E-state index in [9.17, 15) is 0 Å². The second-order valence-corrected chi connectivity index (χ2v) is 5.33. The molecule has 0 radical (unpaired) electrons. The molecule has 0 N–H and O–H groups in total. The van der Waals surface area contributed by atoms with Crippen molar-refractivity contribution in [1.82, 2.24) is 20.2 Å². The minimum atomic E-state index is 0.336. The van der Waals surface area contributed by atoms with Gasteiger partial charge in [0.15, 0.2) is 5.82 Å². The lowest BCUT2D eigenvalue weighted by molar-refractivity contribution is 0.395. The van der Waals surface area contributed by atoms with Crippen LogP contribution in [0.4, 0.5) is 11.8 Å². The molecular weight excluding hydrogens is 280 g/mol. The molecule has 1 aliphatic heterocycles. The van der Waals surface area contributed by atoms with Gasteiger partial charge in [-0.3, -0.25) is 0 Å². The van der Waals surface area contributed by atoms with E-state index < -0.39 is 0 Å². The van der Waals surface area contributed by atoms with E-state index in [0.717, 1.165) is 31.7 Å². The average molecular weight is 300 g/mol. The van der Waals surface area contributed by atoms with Gasteiger partial charge in [0.1, 0.15) is 0 Å². The fraction of sp³-hybridized carbons (Fsp3) is 0.467. The van der Waals surface area contributed by atoms with E-state index in [1.165, 1.54) is 0 Å². The Kier molecular flexibility index (Phi) is 4.32. The van der Waals surface area contributed by atoms with Crippen molar-refractivity contribution >= 4 is 11.8 Å². The normalized spacial score (nSPS) is 18.1. The number of likely N-dealkylation sites (N-methyl/N-ethyl adjacent to an activating group) is 1. The molecule has 1 aliphatic rings. The van der Waals surface area contributed by atoms with Crippen LogP contribution in [0.15, 0.2) is 30.6 Å². The highest BCUT2D eigenvalue weighted by atomic mass is 16.5. The molecule has 2 aromatic heterocycles. The molecule has 1 atom stereocenters. The van der Waals surface area contributed by atoms with Crippen molar-refractivity contribution in [2.24, 2.45) is 0 Å². The number of anilines is 2. The Balaban J connectivity index is 1.73. The zero-order valence-electron chi connectivity index (χ0n) is 12.9. The predicted octanol–water partition coefficient (Wildman–Crippen LogP) is 1.38. The number of aromatic nitrogens is 4. The Morgan fingerprint density at radius 2 is 2.23 bits per heavy atom. The van der Waals surface area contributed by atoms with Crippen molar-refractivity contribution in [1.29, 1.82) is 0 Å². The van der Waals surface area contributed by atoms with Gasteiger partial charge in [-0.1, -0.05) is 0 Å². The summed E-state index contributed by atoms with van der Waals surface area (Å²) in [6.45, 7) is 1.89. The molecule has 1 unspecified atom stereocenters. The molecule has 116 valence electrons. The zero-order valence-corrected chi connectivity index (χ0v) is 12.9. The van der Waals surface area contributed by atoms with Gasteiger partial charge in [0.2, 0.25) is 11.8 Å². The van der Waals surface area contributed by atoms with E-state index >= 15 is 0 Å². The maximum atomic E-state index is 5.18. The molecular formula is C15H20N6O. The first-order valence-electron chi connectivity index (χ1n) is 7.40. The molecule has 0 spiro atoms. The first-order chi connectivity index (χ1) is 10.8. The predicted molar refractivity (Wildman–Crippen MR) is 84.3 cm³/mol. The molecule has 3 heterocycles. The Labute approximate surface area is 130 Å². The first kappa shape index (κ1) is 14.5. The van der Waals surface area contributed by atoms with Crippen molar-refractivity contribution in [3.8, 4) is 5.88 Å². The minimum Gasteiger partial charge on any atom is -0.481 e. The van der Waals surface area contributed by atoms with Gasteiger partial charge in [0, 0.05) is 44.6 Å². The van der Waals surface area contributed by atoms with Gasteiger partial charge in [-0.2, -0.15) is 10.1 Å². The molecule has 0 aliphatic carbocycles. The Hall–Kier alpha value is -2.44. The van der Waals surface area contributed by atoms with Gasteiger partial charge in [0.25, 0.3) is 0 Å². The Morgan fingerprint density at radius 1 is 1.32 bits per heavy atom. The number of rotatable bonds is 4. The van der Waals surface area contributed by atoms with Crippen molar-refractivity contribution in [3.05, 3.63) is 30.6 Å². The molecule has 7 heteroatoms. The third-order valence-electron chi connectivity index (χ3n) is 3.97. The topological polar surface area (TPSA) is 67.3 Å². The van der Waals surface area contributed by atoms with Crippen LogP contribution in [0.2, 0.25) is 0 Å². The molecule has 0 amide bonds. The Morgan fingerprint density at radius 3 is 3.00 bits per heavy atom. The number of methoxy groups -OCH3 is 1. The van der Waals surface area contributed by atoms with Gasteiger partial charge in [-0.15, -0.1) is 5.10 Å². The second-order valence-electron chi connectivity index (χ2n) is 5.33. The lowest BCUT2D eigenvalue weighted by Crippen LogP contribution is -2.47. The van der Waals surface area contributed by atoms with Crippen LogP contribution in [-0.4, -0.2) is 53.5 Å². The van der Waals surface area contributed by atoms with Gasteiger partial charge in [-0.25, -0.2) is 4.98 Å². The molecule has 22 heavy (non-hydrogen) atoms. The first-order valence-corrected chi connectivity index (χ1v) is 7.40. The van der Waals surface area contributed by atoms with Gasteiger partial charge in [0.05, 0.1) is 7.11 Å². The van der Waals surface area contributed by atoms with E-state index in [0.29, 0.717) is 17.9 Å². The summed E-state index contributed by atoms with van der Waals surface area (Å²) in [5.41, 5.74) is 0. The summed E-state index contributed by atoms with van der Waals surface area (Å²) < 4.78 is 5.18. The summed E-state index contributed by atoms with van der Waals surface area (Å²) in [7, 11) is 3.64. The molecule has 1 saturated heterocycles. The van der Waals surface area contributed by atoms with Gasteiger partial charge < -0.3 is 14.5 Å².